The molecule has 1 saturated heterocycles. The Hall–Kier alpha value is -3.81. The summed E-state index contributed by atoms with van der Waals surface area (Å²) in [6.07, 6.45) is 8.29. The first kappa shape index (κ1) is 27.7. The molecule has 0 unspecified atom stereocenters. The van der Waals surface area contributed by atoms with E-state index in [1.54, 1.807) is 4.90 Å². The highest BCUT2D eigenvalue weighted by molar-refractivity contribution is 5.92. The van der Waals surface area contributed by atoms with Crippen LogP contribution in [-0.2, 0) is 32.1 Å². The van der Waals surface area contributed by atoms with Gasteiger partial charge in [-0.1, -0.05) is 48.9 Å². The molecule has 2 aromatic rings. The number of nitrogens with one attached hydrogen (secondary N) is 1. The maximum Gasteiger partial charge on any atom is 0.317 e. The van der Waals surface area contributed by atoms with Gasteiger partial charge in [0.05, 0.1) is 13.7 Å². The summed E-state index contributed by atoms with van der Waals surface area (Å²) in [6, 6.07) is 15.9. The second-order valence-corrected chi connectivity index (χ2v) is 10.9. The van der Waals surface area contributed by atoms with Crippen LogP contribution in [0.3, 0.4) is 0 Å². The second-order valence-electron chi connectivity index (χ2n) is 10.9. The largest absolute Gasteiger partial charge is 0.468 e. The van der Waals surface area contributed by atoms with E-state index in [0.717, 1.165) is 44.1 Å². The first-order chi connectivity index (χ1) is 19.5. The van der Waals surface area contributed by atoms with Crippen LogP contribution in [0.5, 0.6) is 11.5 Å². The van der Waals surface area contributed by atoms with Crippen LogP contribution >= 0.6 is 0 Å². The summed E-state index contributed by atoms with van der Waals surface area (Å²) in [6.45, 7) is 1.000. The van der Waals surface area contributed by atoms with Crippen LogP contribution in [-0.4, -0.2) is 43.1 Å². The zero-order valence-electron chi connectivity index (χ0n) is 23.2. The van der Waals surface area contributed by atoms with Crippen molar-refractivity contribution in [2.45, 2.75) is 64.3 Å². The number of esters is 1. The van der Waals surface area contributed by atoms with Crippen LogP contribution in [0.4, 0.5) is 0 Å². The molecule has 2 aromatic carbocycles. The van der Waals surface area contributed by atoms with Gasteiger partial charge in [0, 0.05) is 24.6 Å². The molecule has 5 rings (SSSR count). The summed E-state index contributed by atoms with van der Waals surface area (Å²) < 4.78 is 16.3. The van der Waals surface area contributed by atoms with Crippen molar-refractivity contribution in [1.82, 2.24) is 10.2 Å². The molecule has 0 radical (unpaired) electrons. The minimum Gasteiger partial charge on any atom is -0.468 e. The molecule has 212 valence electrons. The van der Waals surface area contributed by atoms with Gasteiger partial charge in [0.15, 0.2) is 11.5 Å². The number of fused-ring (bicyclic) bond motifs is 2. The molecule has 1 aliphatic carbocycles. The van der Waals surface area contributed by atoms with Gasteiger partial charge in [-0.2, -0.15) is 0 Å². The Morgan fingerprint density at radius 1 is 1.05 bits per heavy atom. The van der Waals surface area contributed by atoms with Crippen molar-refractivity contribution in [3.8, 4) is 11.5 Å². The summed E-state index contributed by atoms with van der Waals surface area (Å²) in [7, 11) is 1.40. The lowest BCUT2D eigenvalue weighted by atomic mass is 9.69. The number of ether oxygens (including phenoxy) is 3. The van der Waals surface area contributed by atoms with E-state index < -0.39 is 11.3 Å². The molecule has 1 N–H and O–H groups in total. The molecule has 2 aliphatic heterocycles. The van der Waals surface area contributed by atoms with E-state index >= 15 is 0 Å². The van der Waals surface area contributed by atoms with Crippen molar-refractivity contribution in [3.63, 3.8) is 0 Å². The van der Waals surface area contributed by atoms with Gasteiger partial charge in [-0.05, 0) is 68.2 Å². The van der Waals surface area contributed by atoms with Crippen molar-refractivity contribution in [3.05, 3.63) is 71.4 Å². The molecule has 1 fully saturated rings. The number of carbonyl (C=O) groups excluding carboxylic acids is 3. The van der Waals surface area contributed by atoms with E-state index in [0.29, 0.717) is 30.2 Å². The van der Waals surface area contributed by atoms with Crippen LogP contribution < -0.4 is 14.8 Å². The molecule has 8 heteroatoms. The van der Waals surface area contributed by atoms with Crippen molar-refractivity contribution >= 4 is 17.8 Å². The normalized spacial score (nSPS) is 21.7. The molecule has 2 heterocycles. The van der Waals surface area contributed by atoms with Crippen molar-refractivity contribution in [2.24, 2.45) is 11.3 Å². The number of piperidine rings is 1. The highest BCUT2D eigenvalue weighted by Crippen LogP contribution is 2.50. The zero-order valence-corrected chi connectivity index (χ0v) is 23.2. The fourth-order valence-corrected chi connectivity index (χ4v) is 6.21. The molecule has 0 bridgehead atoms. The molecule has 8 nitrogen and oxygen atoms in total. The lowest BCUT2D eigenvalue weighted by Gasteiger charge is -2.46. The van der Waals surface area contributed by atoms with Gasteiger partial charge >= 0.3 is 5.97 Å². The zero-order chi connectivity index (χ0) is 28.0. The van der Waals surface area contributed by atoms with E-state index in [2.05, 4.69) is 17.4 Å². The molecule has 40 heavy (non-hydrogen) atoms. The standard InChI is InChI=1S/C32H38N2O6/c1-38-31(37)32-16-8-3-6-13-28(32)34(21-24-14-15-26-27(18-24)40-22-39-26)30(36)25(20-32)19-29(35)33-17-9-7-12-23-10-4-2-5-11-23/h2,4-5,10-11,13-15,18,25H,3,6-9,12,16-17,19-22H2,1H3,(H,33,35)/t25-,32+/m1/s1. The van der Waals surface area contributed by atoms with Crippen molar-refractivity contribution < 1.29 is 28.6 Å². The molecule has 3 aliphatic rings. The summed E-state index contributed by atoms with van der Waals surface area (Å²) in [5.74, 6) is 0.0541. The van der Waals surface area contributed by atoms with Crippen LogP contribution in [0, 0.1) is 11.3 Å². The van der Waals surface area contributed by atoms with Gasteiger partial charge in [0.1, 0.15) is 5.41 Å². The predicted molar refractivity (Wildman–Crippen MR) is 149 cm³/mol. The SMILES string of the molecule is COC(=O)[C@]12CCCCC=C1N(Cc1ccc3c(c1)OCO3)C(=O)[C@H](CC(=O)NCCCCc1ccccc1)C2. The van der Waals surface area contributed by atoms with Gasteiger partial charge in [-0.25, -0.2) is 0 Å². The summed E-state index contributed by atoms with van der Waals surface area (Å²) >= 11 is 0. The number of hydrogen-bond acceptors (Lipinski definition) is 6. The fraction of sp³-hybridized carbons (Fsp3) is 0.469. The minimum absolute atomic E-state index is 0.0428. The van der Waals surface area contributed by atoms with Crippen LogP contribution in [0.1, 0.15) is 62.5 Å². The molecule has 0 aromatic heterocycles. The van der Waals surface area contributed by atoms with Crippen molar-refractivity contribution in [1.29, 1.82) is 0 Å². The number of likely N-dealkylation sites (tertiary alicyclic amines) is 1. The quantitative estimate of drug-likeness (QED) is 0.336. The highest BCUT2D eigenvalue weighted by Gasteiger charge is 2.53. The van der Waals surface area contributed by atoms with E-state index in [1.807, 2.05) is 42.5 Å². The van der Waals surface area contributed by atoms with E-state index in [9.17, 15) is 14.4 Å². The van der Waals surface area contributed by atoms with Crippen molar-refractivity contribution in [2.75, 3.05) is 20.4 Å². The summed E-state index contributed by atoms with van der Waals surface area (Å²) in [5.41, 5.74) is 1.91. The number of amides is 2. The first-order valence-electron chi connectivity index (χ1n) is 14.3. The first-order valence-corrected chi connectivity index (χ1v) is 14.3. The minimum atomic E-state index is -0.948. The number of hydrogen-bond donors (Lipinski definition) is 1. The van der Waals surface area contributed by atoms with Gasteiger partial charge in [0.25, 0.3) is 0 Å². The van der Waals surface area contributed by atoms with Gasteiger partial charge in [-0.3, -0.25) is 14.4 Å². The highest BCUT2D eigenvalue weighted by atomic mass is 16.7. The number of unbranched alkanes of at least 4 members (excludes halogenated alkanes) is 1. The maximum atomic E-state index is 13.9. The summed E-state index contributed by atoms with van der Waals surface area (Å²) in [4.78, 5) is 42.1. The van der Waals surface area contributed by atoms with Crippen LogP contribution in [0.15, 0.2) is 60.3 Å². The van der Waals surface area contributed by atoms with Crippen LogP contribution in [0.25, 0.3) is 0 Å². The lowest BCUT2D eigenvalue weighted by molar-refractivity contribution is -0.160. The number of rotatable bonds is 10. The second kappa shape index (κ2) is 12.6. The topological polar surface area (TPSA) is 94.2 Å². The summed E-state index contributed by atoms with van der Waals surface area (Å²) in [5, 5.41) is 3.00. The average molecular weight is 547 g/mol. The molecule has 2 atom stereocenters. The Morgan fingerprint density at radius 2 is 1.88 bits per heavy atom. The Labute approximate surface area is 235 Å². The number of methoxy groups -OCH3 is 1. The fourth-order valence-electron chi connectivity index (χ4n) is 6.21. The Kier molecular flexibility index (Phi) is 8.72. The van der Waals surface area contributed by atoms with Crippen LogP contribution in [0.2, 0.25) is 0 Å². The monoisotopic (exact) mass is 546 g/mol. The molecule has 2 amide bonds. The third-order valence-electron chi connectivity index (χ3n) is 8.23. The predicted octanol–water partition coefficient (Wildman–Crippen LogP) is 4.91. The Balaban J connectivity index is 1.30. The third kappa shape index (κ3) is 6.01. The molecular weight excluding hydrogens is 508 g/mol. The van der Waals surface area contributed by atoms with Gasteiger partial charge in [0.2, 0.25) is 18.6 Å². The third-order valence-corrected chi connectivity index (χ3v) is 8.23. The lowest BCUT2D eigenvalue weighted by Crippen LogP contribution is -2.53. The Bertz CT molecular complexity index is 1260. The number of allylic oxidation sites excluding steroid dienone is 1. The number of benzene rings is 2. The maximum absolute atomic E-state index is 13.9. The van der Waals surface area contributed by atoms with Gasteiger partial charge < -0.3 is 24.4 Å². The molecule has 0 saturated carbocycles. The number of aryl methyl sites for hydroxylation is 1. The van der Waals surface area contributed by atoms with E-state index in [1.165, 1.54) is 12.7 Å². The molecule has 0 spiro atoms. The molecular formula is C32H38N2O6. The smallest absolute Gasteiger partial charge is 0.317 e. The average Bonchev–Trinajstić information content (AvgIpc) is 3.33. The number of carbonyl (C=O) groups is 3. The Morgan fingerprint density at radius 3 is 2.70 bits per heavy atom. The van der Waals surface area contributed by atoms with E-state index in [-0.39, 0.29) is 44.0 Å². The van der Waals surface area contributed by atoms with E-state index in [4.69, 9.17) is 14.2 Å². The number of nitrogens with zero attached hydrogens (tertiary/aromatic N) is 1. The van der Waals surface area contributed by atoms with Gasteiger partial charge in [-0.15, -0.1) is 0 Å².